The first-order valence-electron chi connectivity index (χ1n) is 6.75. The van der Waals surface area contributed by atoms with Crippen molar-refractivity contribution in [1.82, 2.24) is 19.9 Å². The lowest BCUT2D eigenvalue weighted by molar-refractivity contribution is 0.262. The lowest BCUT2D eigenvalue weighted by Gasteiger charge is -2.01. The zero-order valence-corrected chi connectivity index (χ0v) is 11.4. The molecule has 0 radical (unpaired) electrons. The van der Waals surface area contributed by atoms with Gasteiger partial charge in [0.05, 0.1) is 22.1 Å². The highest BCUT2D eigenvalue weighted by Crippen LogP contribution is 2.15. The molecule has 0 spiro atoms. The third-order valence-electron chi connectivity index (χ3n) is 3.24. The summed E-state index contributed by atoms with van der Waals surface area (Å²) in [5.74, 6) is 0.768. The Kier molecular flexibility index (Phi) is 2.75. The minimum atomic E-state index is -0.418. The van der Waals surface area contributed by atoms with Crippen LogP contribution in [0.25, 0.3) is 22.1 Å². The van der Waals surface area contributed by atoms with E-state index >= 15 is 0 Å². The van der Waals surface area contributed by atoms with Gasteiger partial charge in [0.2, 0.25) is 11.9 Å². The molecule has 2 amide bonds. The van der Waals surface area contributed by atoms with Crippen molar-refractivity contribution in [2.24, 2.45) is 0 Å². The fourth-order valence-electron chi connectivity index (χ4n) is 2.27. The number of hydrogen-bond acceptors (Lipinski definition) is 3. The number of aromatic nitrogens is 4. The van der Waals surface area contributed by atoms with Crippen LogP contribution in [0.3, 0.4) is 0 Å². The van der Waals surface area contributed by atoms with E-state index in [0.717, 1.165) is 22.1 Å². The van der Waals surface area contributed by atoms with E-state index in [4.69, 9.17) is 0 Å². The van der Waals surface area contributed by atoms with Crippen LogP contribution in [0.15, 0.2) is 48.5 Å². The van der Waals surface area contributed by atoms with Gasteiger partial charge in [-0.3, -0.25) is 10.6 Å². The quantitative estimate of drug-likeness (QED) is 0.457. The number of nitrogens with one attached hydrogen (secondary N) is 4. The molecule has 4 aromatic rings. The standard InChI is InChI=1S/C15H12N6O/c22-15(20-13-16-9-5-1-2-6-10(9)17-13)21-14-18-11-7-3-4-8-12(11)19-14/h1-8H,(H4,16,17,18,19,20,21,22). The summed E-state index contributed by atoms with van der Waals surface area (Å²) in [4.78, 5) is 26.6. The lowest BCUT2D eigenvalue weighted by atomic mass is 10.3. The lowest BCUT2D eigenvalue weighted by Crippen LogP contribution is -2.20. The SMILES string of the molecule is O=C(Nc1nc2ccccc2[nH]1)Nc1nc2ccccc2[nH]1. The molecule has 108 valence electrons. The fourth-order valence-corrected chi connectivity index (χ4v) is 2.27. The monoisotopic (exact) mass is 292 g/mol. The maximum absolute atomic E-state index is 12.0. The Hall–Kier alpha value is -3.35. The Morgan fingerprint density at radius 3 is 1.68 bits per heavy atom. The van der Waals surface area contributed by atoms with Crippen molar-refractivity contribution in [2.45, 2.75) is 0 Å². The fraction of sp³-hybridized carbons (Fsp3) is 0. The number of fused-ring (bicyclic) bond motifs is 2. The average molecular weight is 292 g/mol. The van der Waals surface area contributed by atoms with Gasteiger partial charge in [-0.15, -0.1) is 0 Å². The Morgan fingerprint density at radius 1 is 0.773 bits per heavy atom. The zero-order chi connectivity index (χ0) is 14.9. The van der Waals surface area contributed by atoms with Crippen LogP contribution in [-0.4, -0.2) is 26.0 Å². The number of aromatic amines is 2. The van der Waals surface area contributed by atoms with Crippen LogP contribution >= 0.6 is 0 Å². The normalized spacial score (nSPS) is 10.9. The van der Waals surface area contributed by atoms with Crippen LogP contribution in [0.5, 0.6) is 0 Å². The number of benzene rings is 2. The summed E-state index contributed by atoms with van der Waals surface area (Å²) in [6.07, 6.45) is 0. The number of H-pyrrole nitrogens is 2. The van der Waals surface area contributed by atoms with Crippen LogP contribution in [0.1, 0.15) is 0 Å². The van der Waals surface area contributed by atoms with Crippen LogP contribution in [0.2, 0.25) is 0 Å². The largest absolute Gasteiger partial charge is 0.328 e. The van der Waals surface area contributed by atoms with Gasteiger partial charge in [0.15, 0.2) is 0 Å². The minimum Gasteiger partial charge on any atom is -0.324 e. The third kappa shape index (κ3) is 2.24. The van der Waals surface area contributed by atoms with Gasteiger partial charge < -0.3 is 9.97 Å². The Bertz CT molecular complexity index is 826. The summed E-state index contributed by atoms with van der Waals surface area (Å²) >= 11 is 0. The number of nitrogens with zero attached hydrogens (tertiary/aromatic N) is 2. The molecule has 2 heterocycles. The first kappa shape index (κ1) is 12.4. The van der Waals surface area contributed by atoms with E-state index in [1.165, 1.54) is 0 Å². The maximum atomic E-state index is 12.0. The molecule has 7 heteroatoms. The van der Waals surface area contributed by atoms with E-state index in [9.17, 15) is 4.79 Å². The Balaban J connectivity index is 1.52. The highest BCUT2D eigenvalue weighted by Gasteiger charge is 2.09. The molecule has 0 aliphatic carbocycles. The van der Waals surface area contributed by atoms with Gasteiger partial charge in [-0.05, 0) is 24.3 Å². The van der Waals surface area contributed by atoms with Crippen molar-refractivity contribution in [3.05, 3.63) is 48.5 Å². The molecule has 0 bridgehead atoms. The van der Waals surface area contributed by atoms with Gasteiger partial charge in [0.1, 0.15) is 0 Å². The van der Waals surface area contributed by atoms with Gasteiger partial charge in [-0.25, -0.2) is 14.8 Å². The number of hydrogen-bond donors (Lipinski definition) is 4. The molecule has 0 atom stereocenters. The van der Waals surface area contributed by atoms with Crippen molar-refractivity contribution >= 4 is 40.0 Å². The minimum absolute atomic E-state index is 0.384. The zero-order valence-electron chi connectivity index (χ0n) is 11.4. The van der Waals surface area contributed by atoms with E-state index in [1.807, 2.05) is 48.5 Å². The van der Waals surface area contributed by atoms with Crippen molar-refractivity contribution in [1.29, 1.82) is 0 Å². The Labute approximate surface area is 124 Å². The van der Waals surface area contributed by atoms with Gasteiger partial charge in [0, 0.05) is 0 Å². The summed E-state index contributed by atoms with van der Waals surface area (Å²) in [7, 11) is 0. The third-order valence-corrected chi connectivity index (χ3v) is 3.24. The molecular weight excluding hydrogens is 280 g/mol. The molecule has 0 saturated heterocycles. The first-order chi connectivity index (χ1) is 10.8. The molecule has 0 saturated carbocycles. The molecule has 0 aliphatic rings. The summed E-state index contributed by atoms with van der Waals surface area (Å²) < 4.78 is 0. The van der Waals surface area contributed by atoms with Crippen LogP contribution in [-0.2, 0) is 0 Å². The number of para-hydroxylation sites is 4. The second-order valence-corrected chi connectivity index (χ2v) is 4.78. The van der Waals surface area contributed by atoms with Gasteiger partial charge in [-0.2, -0.15) is 0 Å². The maximum Gasteiger partial charge on any atom is 0.328 e. The summed E-state index contributed by atoms with van der Waals surface area (Å²) in [5.41, 5.74) is 3.31. The van der Waals surface area contributed by atoms with Crippen LogP contribution < -0.4 is 10.6 Å². The number of anilines is 2. The van der Waals surface area contributed by atoms with Gasteiger partial charge in [0.25, 0.3) is 0 Å². The number of imidazole rings is 2. The smallest absolute Gasteiger partial charge is 0.324 e. The second kappa shape index (κ2) is 4.88. The molecule has 2 aromatic heterocycles. The summed E-state index contributed by atoms with van der Waals surface area (Å²) in [5, 5.41) is 5.29. The van der Waals surface area contributed by atoms with Crippen LogP contribution in [0, 0.1) is 0 Å². The van der Waals surface area contributed by atoms with Crippen molar-refractivity contribution < 1.29 is 4.79 Å². The number of urea groups is 1. The predicted molar refractivity (Wildman–Crippen MR) is 84.8 cm³/mol. The van der Waals surface area contributed by atoms with Crippen molar-refractivity contribution in [3.63, 3.8) is 0 Å². The second-order valence-electron chi connectivity index (χ2n) is 4.78. The topological polar surface area (TPSA) is 98.5 Å². The van der Waals surface area contributed by atoms with Gasteiger partial charge in [-0.1, -0.05) is 24.3 Å². The molecule has 22 heavy (non-hydrogen) atoms. The predicted octanol–water partition coefficient (Wildman–Crippen LogP) is 3.08. The van der Waals surface area contributed by atoms with E-state index in [2.05, 4.69) is 30.6 Å². The highest BCUT2D eigenvalue weighted by atomic mass is 16.2. The summed E-state index contributed by atoms with van der Waals surface area (Å²) in [6, 6.07) is 14.7. The molecule has 0 unspecified atom stereocenters. The molecule has 0 fully saturated rings. The number of carbonyl (C=O) groups is 1. The van der Waals surface area contributed by atoms with Crippen molar-refractivity contribution in [3.8, 4) is 0 Å². The molecule has 0 aliphatic heterocycles. The summed E-state index contributed by atoms with van der Waals surface area (Å²) in [6.45, 7) is 0. The number of amides is 2. The molecule has 7 nitrogen and oxygen atoms in total. The van der Waals surface area contributed by atoms with E-state index < -0.39 is 6.03 Å². The van der Waals surface area contributed by atoms with E-state index in [-0.39, 0.29) is 0 Å². The molecule has 2 aromatic carbocycles. The van der Waals surface area contributed by atoms with E-state index in [0.29, 0.717) is 11.9 Å². The van der Waals surface area contributed by atoms with Gasteiger partial charge >= 0.3 is 6.03 Å². The number of rotatable bonds is 2. The Morgan fingerprint density at radius 2 is 1.23 bits per heavy atom. The van der Waals surface area contributed by atoms with Crippen LogP contribution in [0.4, 0.5) is 16.7 Å². The highest BCUT2D eigenvalue weighted by molar-refractivity contribution is 5.99. The average Bonchev–Trinajstić information content (AvgIpc) is 3.08. The molecule has 4 rings (SSSR count). The molecule has 4 N–H and O–H groups in total. The first-order valence-corrected chi connectivity index (χ1v) is 6.75. The number of carbonyl (C=O) groups excluding carboxylic acids is 1. The molecular formula is C15H12N6O. The van der Waals surface area contributed by atoms with E-state index in [1.54, 1.807) is 0 Å². The van der Waals surface area contributed by atoms with Crippen molar-refractivity contribution in [2.75, 3.05) is 10.6 Å².